The third-order valence-corrected chi connectivity index (χ3v) is 4.67. The fourth-order valence-corrected chi connectivity index (χ4v) is 3.24. The molecule has 0 spiro atoms. The first-order valence-electron chi connectivity index (χ1n) is 8.46. The van der Waals surface area contributed by atoms with Crippen molar-refractivity contribution in [2.75, 3.05) is 13.1 Å². The summed E-state index contributed by atoms with van der Waals surface area (Å²) in [5.41, 5.74) is -0.163. The molecule has 0 unspecified atom stereocenters. The van der Waals surface area contributed by atoms with E-state index >= 15 is 0 Å². The summed E-state index contributed by atoms with van der Waals surface area (Å²) in [6, 6.07) is 0. The summed E-state index contributed by atoms with van der Waals surface area (Å²) >= 11 is 0. The van der Waals surface area contributed by atoms with E-state index in [1.54, 1.807) is 16.5 Å². The second-order valence-corrected chi connectivity index (χ2v) is 6.30. The second-order valence-electron chi connectivity index (χ2n) is 6.30. The minimum absolute atomic E-state index is 0.0886. The zero-order chi connectivity index (χ0) is 18.0. The molecule has 1 N–H and O–H groups in total. The minimum atomic E-state index is -0.326. The first-order chi connectivity index (χ1) is 12.0. The molecule has 1 amide bonds. The fraction of sp³-hybridized carbons (Fsp3) is 0.562. The maximum Gasteiger partial charge on any atom is 0.345 e. The molecule has 0 atom stereocenters. The largest absolute Gasteiger partial charge is 0.345 e. The normalized spacial score (nSPS) is 15.5. The first kappa shape index (κ1) is 17.1. The van der Waals surface area contributed by atoms with Gasteiger partial charge in [-0.1, -0.05) is 0 Å². The maximum atomic E-state index is 12.4. The van der Waals surface area contributed by atoms with E-state index in [2.05, 4.69) is 15.1 Å². The molecule has 3 heterocycles. The smallest absolute Gasteiger partial charge is 0.337 e. The molecule has 0 aliphatic carbocycles. The lowest BCUT2D eigenvalue weighted by atomic mass is 9.93. The van der Waals surface area contributed by atoms with Gasteiger partial charge >= 0.3 is 5.69 Å². The van der Waals surface area contributed by atoms with Crippen molar-refractivity contribution in [3.8, 4) is 0 Å². The molecular formula is C16H22N6O3. The predicted octanol–water partition coefficient (Wildman–Crippen LogP) is -0.220. The number of rotatable bonds is 4. The van der Waals surface area contributed by atoms with Gasteiger partial charge in [0.05, 0.1) is 6.20 Å². The molecule has 134 valence electrons. The number of amides is 1. The molecule has 0 saturated carbocycles. The Balaban J connectivity index is 1.61. The molecule has 2 aromatic heterocycles. The predicted molar refractivity (Wildman–Crippen MR) is 90.3 cm³/mol. The highest BCUT2D eigenvalue weighted by Gasteiger charge is 2.26. The van der Waals surface area contributed by atoms with E-state index in [1.165, 1.54) is 10.9 Å². The van der Waals surface area contributed by atoms with Crippen LogP contribution in [0.15, 0.2) is 22.0 Å². The molecule has 3 rings (SSSR count). The SMILES string of the molecule is CCn1c(CC2CCN(C(=O)c3c[nH]c(=O)cn3)CC2)nn(C)c1=O. The summed E-state index contributed by atoms with van der Waals surface area (Å²) in [5, 5.41) is 4.33. The van der Waals surface area contributed by atoms with Gasteiger partial charge in [-0.2, -0.15) is 5.10 Å². The number of aromatic amines is 1. The van der Waals surface area contributed by atoms with Crippen LogP contribution in [0.25, 0.3) is 0 Å². The maximum absolute atomic E-state index is 12.4. The standard InChI is InChI=1S/C16H22N6O3/c1-3-22-13(19-20(2)16(22)25)8-11-4-6-21(7-5-11)15(24)12-9-18-14(23)10-17-12/h9-11H,3-8H2,1-2H3,(H,18,23). The molecule has 1 fully saturated rings. The number of likely N-dealkylation sites (tertiary alicyclic amines) is 1. The van der Waals surface area contributed by atoms with Crippen molar-refractivity contribution in [2.45, 2.75) is 32.7 Å². The van der Waals surface area contributed by atoms with Crippen molar-refractivity contribution in [1.82, 2.24) is 29.2 Å². The van der Waals surface area contributed by atoms with Crippen molar-refractivity contribution >= 4 is 5.91 Å². The number of H-pyrrole nitrogens is 1. The Labute approximate surface area is 144 Å². The highest BCUT2D eigenvalue weighted by atomic mass is 16.2. The fourth-order valence-electron chi connectivity index (χ4n) is 3.24. The van der Waals surface area contributed by atoms with Crippen molar-refractivity contribution in [1.29, 1.82) is 0 Å². The Bertz CT molecular complexity index is 852. The Morgan fingerprint density at radius 1 is 1.32 bits per heavy atom. The molecule has 1 aliphatic rings. The Kier molecular flexibility index (Phi) is 4.82. The number of carbonyl (C=O) groups excluding carboxylic acids is 1. The highest BCUT2D eigenvalue weighted by Crippen LogP contribution is 2.21. The van der Waals surface area contributed by atoms with Gasteiger partial charge in [-0.3, -0.25) is 14.2 Å². The third-order valence-electron chi connectivity index (χ3n) is 4.67. The van der Waals surface area contributed by atoms with E-state index in [0.717, 1.165) is 31.3 Å². The Hall–Kier alpha value is -2.71. The van der Waals surface area contributed by atoms with Gasteiger partial charge in [0.25, 0.3) is 11.5 Å². The van der Waals surface area contributed by atoms with Crippen LogP contribution in [0, 0.1) is 5.92 Å². The summed E-state index contributed by atoms with van der Waals surface area (Å²) < 4.78 is 3.07. The quantitative estimate of drug-likeness (QED) is 0.824. The summed E-state index contributed by atoms with van der Waals surface area (Å²) in [6.07, 6.45) is 4.91. The Morgan fingerprint density at radius 2 is 2.04 bits per heavy atom. The van der Waals surface area contributed by atoms with Crippen LogP contribution in [0.5, 0.6) is 0 Å². The van der Waals surface area contributed by atoms with Crippen LogP contribution in [0.4, 0.5) is 0 Å². The lowest BCUT2D eigenvalue weighted by Crippen LogP contribution is -2.39. The number of piperidine rings is 1. The van der Waals surface area contributed by atoms with Crippen LogP contribution in [0.3, 0.4) is 0 Å². The molecule has 1 saturated heterocycles. The van der Waals surface area contributed by atoms with Crippen LogP contribution >= 0.6 is 0 Å². The van der Waals surface area contributed by atoms with Crippen LogP contribution in [0.2, 0.25) is 0 Å². The van der Waals surface area contributed by atoms with E-state index in [-0.39, 0.29) is 22.9 Å². The van der Waals surface area contributed by atoms with Crippen LogP contribution < -0.4 is 11.2 Å². The summed E-state index contributed by atoms with van der Waals surface area (Å²) in [5.74, 6) is 1.03. The van der Waals surface area contributed by atoms with Gasteiger partial charge in [0.2, 0.25) is 0 Å². The lowest BCUT2D eigenvalue weighted by Gasteiger charge is -2.31. The van der Waals surface area contributed by atoms with Crippen LogP contribution in [0.1, 0.15) is 36.1 Å². The highest BCUT2D eigenvalue weighted by molar-refractivity contribution is 5.91. The number of aryl methyl sites for hydroxylation is 1. The number of aromatic nitrogens is 5. The monoisotopic (exact) mass is 346 g/mol. The van der Waals surface area contributed by atoms with Gasteiger partial charge in [0, 0.05) is 39.3 Å². The summed E-state index contributed by atoms with van der Waals surface area (Å²) in [4.78, 5) is 43.5. The van der Waals surface area contributed by atoms with Crippen LogP contribution in [-0.4, -0.2) is 48.2 Å². The molecule has 1 aliphatic heterocycles. The van der Waals surface area contributed by atoms with Gasteiger partial charge in [-0.25, -0.2) is 14.5 Å². The third kappa shape index (κ3) is 3.54. The number of nitrogens with one attached hydrogen (secondary N) is 1. The zero-order valence-electron chi connectivity index (χ0n) is 14.4. The number of carbonyl (C=O) groups is 1. The first-order valence-corrected chi connectivity index (χ1v) is 8.46. The molecule has 0 aromatic carbocycles. The molecule has 0 radical (unpaired) electrons. The molecule has 9 heteroatoms. The van der Waals surface area contributed by atoms with E-state index in [1.807, 2.05) is 6.92 Å². The van der Waals surface area contributed by atoms with E-state index in [4.69, 9.17) is 0 Å². The van der Waals surface area contributed by atoms with Crippen molar-refractivity contribution in [3.05, 3.63) is 44.8 Å². The summed E-state index contributed by atoms with van der Waals surface area (Å²) in [7, 11) is 1.66. The molecular weight excluding hydrogens is 324 g/mol. The summed E-state index contributed by atoms with van der Waals surface area (Å²) in [6.45, 7) is 3.81. The van der Waals surface area contributed by atoms with Gasteiger partial charge in [-0.15, -0.1) is 0 Å². The van der Waals surface area contributed by atoms with E-state index in [0.29, 0.717) is 25.6 Å². The van der Waals surface area contributed by atoms with E-state index in [9.17, 15) is 14.4 Å². The van der Waals surface area contributed by atoms with Crippen molar-refractivity contribution in [3.63, 3.8) is 0 Å². The Morgan fingerprint density at radius 3 is 2.64 bits per heavy atom. The molecule has 0 bridgehead atoms. The lowest BCUT2D eigenvalue weighted by molar-refractivity contribution is 0.0683. The molecule has 25 heavy (non-hydrogen) atoms. The number of hydrogen-bond donors (Lipinski definition) is 1. The van der Waals surface area contributed by atoms with Gasteiger partial charge in [-0.05, 0) is 25.7 Å². The number of nitrogens with zero attached hydrogens (tertiary/aromatic N) is 5. The topological polar surface area (TPSA) is 106 Å². The van der Waals surface area contributed by atoms with Gasteiger partial charge < -0.3 is 9.88 Å². The molecule has 9 nitrogen and oxygen atoms in total. The number of hydrogen-bond acceptors (Lipinski definition) is 5. The van der Waals surface area contributed by atoms with Crippen molar-refractivity contribution < 1.29 is 4.79 Å². The minimum Gasteiger partial charge on any atom is -0.337 e. The average molecular weight is 346 g/mol. The van der Waals surface area contributed by atoms with Crippen molar-refractivity contribution in [2.24, 2.45) is 13.0 Å². The van der Waals surface area contributed by atoms with E-state index < -0.39 is 0 Å². The average Bonchev–Trinajstić information content (AvgIpc) is 2.89. The van der Waals surface area contributed by atoms with Gasteiger partial charge in [0.15, 0.2) is 0 Å². The second kappa shape index (κ2) is 7.04. The molecule has 2 aromatic rings. The van der Waals surface area contributed by atoms with Crippen LogP contribution in [-0.2, 0) is 20.0 Å². The zero-order valence-corrected chi connectivity index (χ0v) is 14.4. The van der Waals surface area contributed by atoms with Gasteiger partial charge in [0.1, 0.15) is 11.5 Å².